The molecule has 0 aliphatic carbocycles. The van der Waals surface area contributed by atoms with Gasteiger partial charge in [-0.05, 0) is 40.4 Å². The lowest BCUT2D eigenvalue weighted by Gasteiger charge is -2.38. The van der Waals surface area contributed by atoms with Gasteiger partial charge in [-0.15, -0.1) is 11.3 Å². The third-order valence-electron chi connectivity index (χ3n) is 3.48. The SMILES string of the molecule is CC1CN(C(CN)c2ccc(Br)s2)CCC1O. The van der Waals surface area contributed by atoms with E-state index in [2.05, 4.69) is 39.9 Å². The first-order valence-corrected chi connectivity index (χ1v) is 7.60. The van der Waals surface area contributed by atoms with Crippen molar-refractivity contribution in [3.8, 4) is 0 Å². The van der Waals surface area contributed by atoms with E-state index < -0.39 is 0 Å². The number of halogens is 1. The van der Waals surface area contributed by atoms with Gasteiger partial charge in [0.2, 0.25) is 0 Å². The van der Waals surface area contributed by atoms with Crippen molar-refractivity contribution in [2.24, 2.45) is 11.7 Å². The highest BCUT2D eigenvalue weighted by Gasteiger charge is 2.29. The summed E-state index contributed by atoms with van der Waals surface area (Å²) in [5.41, 5.74) is 5.91. The van der Waals surface area contributed by atoms with E-state index in [4.69, 9.17) is 5.73 Å². The highest BCUT2D eigenvalue weighted by atomic mass is 79.9. The normalized spacial score (nSPS) is 28.2. The summed E-state index contributed by atoms with van der Waals surface area (Å²) in [7, 11) is 0. The average Bonchev–Trinajstić information content (AvgIpc) is 2.71. The molecule has 0 aromatic carbocycles. The van der Waals surface area contributed by atoms with Crippen LogP contribution in [-0.4, -0.2) is 35.7 Å². The van der Waals surface area contributed by atoms with Crippen LogP contribution < -0.4 is 5.73 Å². The Morgan fingerprint density at radius 3 is 2.94 bits per heavy atom. The van der Waals surface area contributed by atoms with E-state index >= 15 is 0 Å². The van der Waals surface area contributed by atoms with Crippen LogP contribution in [0, 0.1) is 5.92 Å². The van der Waals surface area contributed by atoms with E-state index in [1.165, 1.54) is 4.88 Å². The van der Waals surface area contributed by atoms with Crippen LogP contribution in [0.2, 0.25) is 0 Å². The molecule has 2 rings (SSSR count). The highest BCUT2D eigenvalue weighted by Crippen LogP contribution is 2.32. The fourth-order valence-corrected chi connectivity index (χ4v) is 3.97. The lowest BCUT2D eigenvalue weighted by Crippen LogP contribution is -2.45. The van der Waals surface area contributed by atoms with Crippen molar-refractivity contribution >= 4 is 27.3 Å². The largest absolute Gasteiger partial charge is 0.393 e. The second-order valence-electron chi connectivity index (χ2n) is 4.72. The summed E-state index contributed by atoms with van der Waals surface area (Å²) in [6.45, 7) is 4.60. The quantitative estimate of drug-likeness (QED) is 0.898. The van der Waals surface area contributed by atoms with Crippen molar-refractivity contribution in [2.75, 3.05) is 19.6 Å². The molecular formula is C12H19BrN2OS. The zero-order valence-corrected chi connectivity index (χ0v) is 12.4. The van der Waals surface area contributed by atoms with Gasteiger partial charge in [0, 0.05) is 24.5 Å². The topological polar surface area (TPSA) is 49.5 Å². The third kappa shape index (κ3) is 3.09. The van der Waals surface area contributed by atoms with E-state index in [-0.39, 0.29) is 6.10 Å². The van der Waals surface area contributed by atoms with Gasteiger partial charge < -0.3 is 10.8 Å². The molecule has 1 aromatic heterocycles. The molecule has 1 saturated heterocycles. The number of likely N-dealkylation sites (tertiary alicyclic amines) is 1. The van der Waals surface area contributed by atoms with E-state index in [1.54, 1.807) is 11.3 Å². The Kier molecular flexibility index (Phi) is 4.60. The number of nitrogens with zero attached hydrogens (tertiary/aromatic N) is 1. The highest BCUT2D eigenvalue weighted by molar-refractivity contribution is 9.11. The standard InChI is InChI=1S/C12H19BrN2OS/c1-8-7-15(5-4-10(8)16)9(6-14)11-2-3-12(13)17-11/h2-3,8-10,16H,4-7,14H2,1H3. The minimum absolute atomic E-state index is 0.153. The zero-order valence-electron chi connectivity index (χ0n) is 9.97. The first kappa shape index (κ1) is 13.5. The first-order chi connectivity index (χ1) is 8.11. The van der Waals surface area contributed by atoms with Gasteiger partial charge in [0.1, 0.15) is 0 Å². The number of thiophene rings is 1. The summed E-state index contributed by atoms with van der Waals surface area (Å²) >= 11 is 5.24. The number of piperidine rings is 1. The van der Waals surface area contributed by atoms with E-state index in [9.17, 15) is 5.11 Å². The molecule has 96 valence electrons. The molecule has 1 aliphatic rings. The molecule has 0 saturated carbocycles. The molecule has 1 aromatic rings. The molecule has 2 heterocycles. The lowest BCUT2D eigenvalue weighted by molar-refractivity contribution is 0.0187. The van der Waals surface area contributed by atoms with Crippen LogP contribution in [0.25, 0.3) is 0 Å². The van der Waals surface area contributed by atoms with Crippen molar-refractivity contribution in [2.45, 2.75) is 25.5 Å². The van der Waals surface area contributed by atoms with Gasteiger partial charge in [0.25, 0.3) is 0 Å². The maximum Gasteiger partial charge on any atom is 0.0702 e. The number of hydrogen-bond acceptors (Lipinski definition) is 4. The van der Waals surface area contributed by atoms with Crippen molar-refractivity contribution in [3.05, 3.63) is 20.8 Å². The van der Waals surface area contributed by atoms with Gasteiger partial charge in [-0.25, -0.2) is 0 Å². The Labute approximate surface area is 115 Å². The van der Waals surface area contributed by atoms with Crippen LogP contribution in [0.1, 0.15) is 24.3 Å². The molecule has 0 bridgehead atoms. The van der Waals surface area contributed by atoms with E-state index in [1.807, 2.05) is 0 Å². The summed E-state index contributed by atoms with van der Waals surface area (Å²) in [5.74, 6) is 0.334. The summed E-state index contributed by atoms with van der Waals surface area (Å²) in [6, 6.07) is 4.51. The molecule has 0 amide bonds. The Hall–Kier alpha value is 0.0600. The number of rotatable bonds is 3. The molecule has 0 radical (unpaired) electrons. The van der Waals surface area contributed by atoms with Crippen LogP contribution in [0.4, 0.5) is 0 Å². The summed E-state index contributed by atoms with van der Waals surface area (Å²) in [6.07, 6.45) is 0.698. The van der Waals surface area contributed by atoms with Gasteiger partial charge in [0.15, 0.2) is 0 Å². The van der Waals surface area contributed by atoms with Crippen LogP contribution in [0.5, 0.6) is 0 Å². The second kappa shape index (κ2) is 5.80. The Bertz CT molecular complexity index is 371. The molecule has 5 heteroatoms. The van der Waals surface area contributed by atoms with Gasteiger partial charge >= 0.3 is 0 Å². The van der Waals surface area contributed by atoms with E-state index in [0.717, 1.165) is 23.3 Å². The minimum atomic E-state index is -0.153. The molecule has 17 heavy (non-hydrogen) atoms. The summed E-state index contributed by atoms with van der Waals surface area (Å²) in [4.78, 5) is 3.71. The number of hydrogen-bond donors (Lipinski definition) is 2. The van der Waals surface area contributed by atoms with Crippen molar-refractivity contribution in [3.63, 3.8) is 0 Å². The molecule has 0 spiro atoms. The van der Waals surface area contributed by atoms with Gasteiger partial charge in [-0.2, -0.15) is 0 Å². The number of nitrogens with two attached hydrogens (primary N) is 1. The van der Waals surface area contributed by atoms with E-state index in [0.29, 0.717) is 18.5 Å². The molecular weight excluding hydrogens is 300 g/mol. The third-order valence-corrected chi connectivity index (χ3v) is 5.20. The number of aliphatic hydroxyl groups is 1. The summed E-state index contributed by atoms with van der Waals surface area (Å²) < 4.78 is 1.15. The Balaban J connectivity index is 2.08. The second-order valence-corrected chi connectivity index (χ2v) is 7.22. The fourth-order valence-electron chi connectivity index (χ4n) is 2.40. The predicted octanol–water partition coefficient (Wildman–Crippen LogP) is 2.21. The molecule has 1 aliphatic heterocycles. The van der Waals surface area contributed by atoms with Crippen molar-refractivity contribution < 1.29 is 5.11 Å². The van der Waals surface area contributed by atoms with Crippen molar-refractivity contribution in [1.29, 1.82) is 0 Å². The number of aliphatic hydroxyl groups excluding tert-OH is 1. The van der Waals surface area contributed by atoms with Crippen molar-refractivity contribution in [1.82, 2.24) is 4.90 Å². The average molecular weight is 319 g/mol. The molecule has 3 unspecified atom stereocenters. The van der Waals surface area contributed by atoms with Gasteiger partial charge in [0.05, 0.1) is 15.9 Å². The Morgan fingerprint density at radius 2 is 2.41 bits per heavy atom. The van der Waals surface area contributed by atoms with Gasteiger partial charge in [-0.1, -0.05) is 6.92 Å². The smallest absolute Gasteiger partial charge is 0.0702 e. The molecule has 3 atom stereocenters. The maximum absolute atomic E-state index is 9.76. The predicted molar refractivity (Wildman–Crippen MR) is 75.2 cm³/mol. The fraction of sp³-hybridized carbons (Fsp3) is 0.667. The minimum Gasteiger partial charge on any atom is -0.393 e. The van der Waals surface area contributed by atoms with Crippen LogP contribution in [-0.2, 0) is 0 Å². The molecule has 1 fully saturated rings. The van der Waals surface area contributed by atoms with Crippen LogP contribution >= 0.6 is 27.3 Å². The first-order valence-electron chi connectivity index (χ1n) is 5.99. The maximum atomic E-state index is 9.76. The van der Waals surface area contributed by atoms with Crippen LogP contribution in [0.3, 0.4) is 0 Å². The van der Waals surface area contributed by atoms with Crippen LogP contribution in [0.15, 0.2) is 15.9 Å². The van der Waals surface area contributed by atoms with Gasteiger partial charge in [-0.3, -0.25) is 4.90 Å². The monoisotopic (exact) mass is 318 g/mol. The lowest BCUT2D eigenvalue weighted by atomic mass is 9.95. The zero-order chi connectivity index (χ0) is 12.4. The Morgan fingerprint density at radius 1 is 1.65 bits per heavy atom. The molecule has 3 N–H and O–H groups in total. The summed E-state index contributed by atoms with van der Waals surface area (Å²) in [5, 5.41) is 9.76. The molecule has 3 nitrogen and oxygen atoms in total.